The number of hydrogen-bond acceptors (Lipinski definition) is 5. The van der Waals surface area contributed by atoms with Crippen molar-refractivity contribution in [2.75, 3.05) is 36.6 Å². The summed E-state index contributed by atoms with van der Waals surface area (Å²) < 4.78 is 4.68. The van der Waals surface area contributed by atoms with Crippen molar-refractivity contribution in [3.05, 3.63) is 18.2 Å². The van der Waals surface area contributed by atoms with Crippen LogP contribution in [-0.2, 0) is 9.53 Å². The van der Waals surface area contributed by atoms with E-state index in [9.17, 15) is 4.79 Å². The van der Waals surface area contributed by atoms with Crippen LogP contribution >= 0.6 is 11.8 Å². The monoisotopic (exact) mass is 238 g/mol. The van der Waals surface area contributed by atoms with E-state index in [4.69, 9.17) is 5.73 Å². The predicted molar refractivity (Wildman–Crippen MR) is 65.8 cm³/mol. The van der Waals surface area contributed by atoms with Crippen LogP contribution in [0.5, 0.6) is 0 Å². The van der Waals surface area contributed by atoms with Crippen LogP contribution < -0.4 is 10.6 Å². The Morgan fingerprint density at radius 3 is 3.19 bits per heavy atom. The number of methoxy groups -OCH3 is 1. The minimum Gasteiger partial charge on any atom is -0.468 e. The number of fused-ring (bicyclic) bond motifs is 1. The number of benzene rings is 1. The van der Waals surface area contributed by atoms with Crippen LogP contribution in [0, 0.1) is 0 Å². The summed E-state index contributed by atoms with van der Waals surface area (Å²) >= 11 is 1.79. The Hall–Kier alpha value is -1.36. The first-order valence-electron chi connectivity index (χ1n) is 5.05. The molecule has 0 atom stereocenters. The van der Waals surface area contributed by atoms with Crippen molar-refractivity contribution < 1.29 is 9.53 Å². The van der Waals surface area contributed by atoms with E-state index in [1.807, 2.05) is 23.1 Å². The van der Waals surface area contributed by atoms with Crippen LogP contribution in [0.1, 0.15) is 0 Å². The van der Waals surface area contributed by atoms with Crippen molar-refractivity contribution in [3.8, 4) is 0 Å². The number of esters is 1. The predicted octanol–water partition coefficient (Wildman–Crippen LogP) is 1.35. The van der Waals surface area contributed by atoms with Gasteiger partial charge < -0.3 is 15.4 Å². The van der Waals surface area contributed by atoms with E-state index in [0.29, 0.717) is 0 Å². The molecule has 1 aromatic carbocycles. The van der Waals surface area contributed by atoms with Gasteiger partial charge in [0.05, 0.1) is 12.8 Å². The number of thioether (sulfide) groups is 1. The van der Waals surface area contributed by atoms with Crippen molar-refractivity contribution in [1.82, 2.24) is 0 Å². The molecule has 2 rings (SSSR count). The summed E-state index contributed by atoms with van der Waals surface area (Å²) in [7, 11) is 1.40. The van der Waals surface area contributed by atoms with Crippen molar-refractivity contribution in [1.29, 1.82) is 0 Å². The van der Waals surface area contributed by atoms with E-state index in [1.54, 1.807) is 11.8 Å². The van der Waals surface area contributed by atoms with Gasteiger partial charge in [0, 0.05) is 22.9 Å². The Morgan fingerprint density at radius 1 is 1.62 bits per heavy atom. The molecule has 16 heavy (non-hydrogen) atoms. The Morgan fingerprint density at radius 2 is 2.44 bits per heavy atom. The highest BCUT2D eigenvalue weighted by Gasteiger charge is 2.19. The number of rotatable bonds is 2. The van der Waals surface area contributed by atoms with Gasteiger partial charge in [-0.2, -0.15) is 0 Å². The number of ether oxygens (including phenoxy) is 1. The molecule has 1 heterocycles. The van der Waals surface area contributed by atoms with Gasteiger partial charge in [-0.05, 0) is 18.2 Å². The summed E-state index contributed by atoms with van der Waals surface area (Å²) in [4.78, 5) is 14.5. The lowest BCUT2D eigenvalue weighted by atomic mass is 10.2. The Balaban J connectivity index is 2.24. The maximum absolute atomic E-state index is 11.3. The molecule has 1 aromatic rings. The van der Waals surface area contributed by atoms with Crippen molar-refractivity contribution in [2.24, 2.45) is 0 Å². The molecule has 2 N–H and O–H groups in total. The smallest absolute Gasteiger partial charge is 0.325 e. The zero-order valence-electron chi connectivity index (χ0n) is 9.10. The molecule has 1 aliphatic heterocycles. The first-order valence-corrected chi connectivity index (χ1v) is 6.03. The molecule has 0 radical (unpaired) electrons. The number of nitrogen functional groups attached to an aromatic ring is 1. The first-order chi connectivity index (χ1) is 7.70. The Labute approximate surface area is 98.7 Å². The van der Waals surface area contributed by atoms with Gasteiger partial charge in [0.2, 0.25) is 0 Å². The lowest BCUT2D eigenvalue weighted by Crippen LogP contribution is -2.34. The van der Waals surface area contributed by atoms with Gasteiger partial charge in [0.25, 0.3) is 0 Å². The molecule has 0 fully saturated rings. The fourth-order valence-corrected chi connectivity index (χ4v) is 2.71. The van der Waals surface area contributed by atoms with E-state index >= 15 is 0 Å². The molecular weight excluding hydrogens is 224 g/mol. The zero-order chi connectivity index (χ0) is 11.5. The fraction of sp³-hybridized carbons (Fsp3) is 0.364. The van der Waals surface area contributed by atoms with Gasteiger partial charge in [-0.3, -0.25) is 4.79 Å². The van der Waals surface area contributed by atoms with E-state index in [2.05, 4.69) is 4.74 Å². The van der Waals surface area contributed by atoms with Crippen LogP contribution in [0.15, 0.2) is 23.1 Å². The summed E-state index contributed by atoms with van der Waals surface area (Å²) in [5.74, 6) is 0.758. The van der Waals surface area contributed by atoms with Crippen LogP contribution in [0.4, 0.5) is 11.4 Å². The molecular formula is C11H14N2O2S. The average Bonchev–Trinajstić information content (AvgIpc) is 2.29. The summed E-state index contributed by atoms with van der Waals surface area (Å²) in [5, 5.41) is 0. The van der Waals surface area contributed by atoms with E-state index in [-0.39, 0.29) is 12.5 Å². The van der Waals surface area contributed by atoms with Gasteiger partial charge in [0.15, 0.2) is 0 Å². The minimum absolute atomic E-state index is 0.222. The third-order valence-corrected chi connectivity index (χ3v) is 3.53. The van der Waals surface area contributed by atoms with Crippen molar-refractivity contribution in [3.63, 3.8) is 0 Å². The highest BCUT2D eigenvalue weighted by molar-refractivity contribution is 7.99. The van der Waals surface area contributed by atoms with Crippen molar-refractivity contribution in [2.45, 2.75) is 4.90 Å². The summed E-state index contributed by atoms with van der Waals surface area (Å²) in [6.07, 6.45) is 0. The number of anilines is 2. The van der Waals surface area contributed by atoms with Gasteiger partial charge in [-0.1, -0.05) is 0 Å². The highest BCUT2D eigenvalue weighted by atomic mass is 32.2. The molecule has 0 aromatic heterocycles. The van der Waals surface area contributed by atoms with Gasteiger partial charge in [0.1, 0.15) is 6.54 Å². The van der Waals surface area contributed by atoms with Crippen LogP contribution in [-0.4, -0.2) is 31.9 Å². The van der Waals surface area contributed by atoms with Gasteiger partial charge in [-0.15, -0.1) is 11.8 Å². The molecule has 0 aliphatic carbocycles. The first kappa shape index (κ1) is 11.1. The van der Waals surface area contributed by atoms with Crippen molar-refractivity contribution >= 4 is 29.1 Å². The third kappa shape index (κ3) is 2.24. The molecule has 5 heteroatoms. The highest BCUT2D eigenvalue weighted by Crippen LogP contribution is 2.35. The summed E-state index contributed by atoms with van der Waals surface area (Å²) in [6, 6.07) is 5.79. The molecule has 0 spiro atoms. The third-order valence-electron chi connectivity index (χ3n) is 2.49. The maximum atomic E-state index is 11.3. The second-order valence-electron chi connectivity index (χ2n) is 3.57. The van der Waals surface area contributed by atoms with Crippen LogP contribution in [0.2, 0.25) is 0 Å². The van der Waals surface area contributed by atoms with E-state index < -0.39 is 0 Å². The molecule has 1 aliphatic rings. The molecule has 0 saturated carbocycles. The summed E-state index contributed by atoms with van der Waals surface area (Å²) in [5.41, 5.74) is 7.50. The summed E-state index contributed by atoms with van der Waals surface area (Å²) in [6.45, 7) is 1.13. The average molecular weight is 238 g/mol. The van der Waals surface area contributed by atoms with Crippen LogP contribution in [0.3, 0.4) is 0 Å². The van der Waals surface area contributed by atoms with Gasteiger partial charge in [-0.25, -0.2) is 0 Å². The molecule has 0 bridgehead atoms. The second kappa shape index (κ2) is 4.65. The molecule has 0 unspecified atom stereocenters. The number of carbonyl (C=O) groups excluding carboxylic acids is 1. The lowest BCUT2D eigenvalue weighted by molar-refractivity contribution is -0.138. The number of carbonyl (C=O) groups is 1. The molecule has 0 saturated heterocycles. The Kier molecular flexibility index (Phi) is 3.24. The maximum Gasteiger partial charge on any atom is 0.325 e. The molecule has 4 nitrogen and oxygen atoms in total. The molecule has 0 amide bonds. The van der Waals surface area contributed by atoms with E-state index in [0.717, 1.165) is 23.7 Å². The minimum atomic E-state index is -0.222. The lowest BCUT2D eigenvalue weighted by Gasteiger charge is -2.29. The largest absolute Gasteiger partial charge is 0.468 e. The number of hydrogen-bond donors (Lipinski definition) is 1. The standard InChI is InChI=1S/C11H14N2O2S/c1-15-11(14)7-13-4-5-16-10-3-2-8(12)6-9(10)13/h2-3,6H,4-5,7,12H2,1H3. The number of nitrogens with two attached hydrogens (primary N) is 1. The topological polar surface area (TPSA) is 55.6 Å². The van der Waals surface area contributed by atoms with Crippen LogP contribution in [0.25, 0.3) is 0 Å². The fourth-order valence-electron chi connectivity index (χ4n) is 1.67. The quantitative estimate of drug-likeness (QED) is 0.622. The zero-order valence-corrected chi connectivity index (χ0v) is 9.92. The number of nitrogens with zero attached hydrogens (tertiary/aromatic N) is 1. The SMILES string of the molecule is COC(=O)CN1CCSc2ccc(N)cc21. The normalized spacial score (nSPS) is 14.4. The Bertz CT molecular complexity index is 409. The van der Waals surface area contributed by atoms with E-state index in [1.165, 1.54) is 12.0 Å². The van der Waals surface area contributed by atoms with Gasteiger partial charge >= 0.3 is 5.97 Å². The second-order valence-corrected chi connectivity index (χ2v) is 4.71. The molecule has 86 valence electrons.